The van der Waals surface area contributed by atoms with Crippen molar-refractivity contribution in [3.63, 3.8) is 0 Å². The van der Waals surface area contributed by atoms with Gasteiger partial charge in [-0.1, -0.05) is 42.5 Å². The largest absolute Gasteiger partial charge is 0.477 e. The molecule has 1 aromatic carbocycles. The number of carboxylic acids is 1. The maximum absolute atomic E-state index is 10.4. The highest BCUT2D eigenvalue weighted by Crippen LogP contribution is 1.99. The van der Waals surface area contributed by atoms with E-state index in [1.54, 1.807) is 0 Å². The summed E-state index contributed by atoms with van der Waals surface area (Å²) in [5.74, 6) is -1.01. The standard InChI is InChI=1S/C12H14N2O2/c1-10(12(15)16)14-13-9-5-8-11-6-3-2-4-7-11/h2-8,13H,9H2,1H3,(H,15,16)/b8-5+,14-10+. The maximum atomic E-state index is 10.4. The molecule has 16 heavy (non-hydrogen) atoms. The molecule has 0 atom stereocenters. The number of hydrogen-bond donors (Lipinski definition) is 2. The van der Waals surface area contributed by atoms with Crippen molar-refractivity contribution in [3.8, 4) is 0 Å². The molecule has 4 heteroatoms. The van der Waals surface area contributed by atoms with Crippen LogP contribution >= 0.6 is 0 Å². The van der Waals surface area contributed by atoms with Crippen molar-refractivity contribution < 1.29 is 9.90 Å². The second-order valence-electron chi connectivity index (χ2n) is 3.18. The molecule has 0 amide bonds. The van der Waals surface area contributed by atoms with Crippen molar-refractivity contribution >= 4 is 17.8 Å². The van der Waals surface area contributed by atoms with Crippen LogP contribution in [0.5, 0.6) is 0 Å². The molecule has 0 radical (unpaired) electrons. The Labute approximate surface area is 94.3 Å². The summed E-state index contributed by atoms with van der Waals surface area (Å²) in [5, 5.41) is 12.2. The van der Waals surface area contributed by atoms with Gasteiger partial charge in [0.15, 0.2) is 0 Å². The Hall–Kier alpha value is -2.10. The zero-order valence-corrected chi connectivity index (χ0v) is 9.05. The summed E-state index contributed by atoms with van der Waals surface area (Å²) in [6.07, 6.45) is 3.83. The lowest BCUT2D eigenvalue weighted by Gasteiger charge is -1.96. The zero-order valence-electron chi connectivity index (χ0n) is 9.05. The van der Waals surface area contributed by atoms with Gasteiger partial charge in [-0.2, -0.15) is 5.10 Å². The second kappa shape index (κ2) is 6.40. The number of nitrogens with one attached hydrogen (secondary N) is 1. The first-order valence-corrected chi connectivity index (χ1v) is 4.92. The number of nitrogens with zero attached hydrogens (tertiary/aromatic N) is 1. The van der Waals surface area contributed by atoms with E-state index in [0.717, 1.165) is 5.56 Å². The van der Waals surface area contributed by atoms with Crippen molar-refractivity contribution in [2.24, 2.45) is 5.10 Å². The van der Waals surface area contributed by atoms with Crippen molar-refractivity contribution in [2.75, 3.05) is 6.54 Å². The van der Waals surface area contributed by atoms with E-state index >= 15 is 0 Å². The lowest BCUT2D eigenvalue weighted by atomic mass is 10.2. The molecule has 0 aromatic heterocycles. The van der Waals surface area contributed by atoms with E-state index in [4.69, 9.17) is 5.11 Å². The SMILES string of the molecule is C/C(=N\NC/C=C/c1ccccc1)C(=O)O. The van der Waals surface area contributed by atoms with Crippen LogP contribution in [0, 0.1) is 0 Å². The minimum atomic E-state index is -1.01. The molecule has 2 N–H and O–H groups in total. The summed E-state index contributed by atoms with van der Waals surface area (Å²) in [5.41, 5.74) is 3.81. The van der Waals surface area contributed by atoms with Gasteiger partial charge >= 0.3 is 5.97 Å². The summed E-state index contributed by atoms with van der Waals surface area (Å²) in [6, 6.07) is 9.85. The third-order valence-electron chi connectivity index (χ3n) is 1.88. The van der Waals surface area contributed by atoms with Gasteiger partial charge in [0.25, 0.3) is 0 Å². The Balaban J connectivity index is 2.34. The normalized spacial score (nSPS) is 11.7. The zero-order chi connectivity index (χ0) is 11.8. The molecular formula is C12H14N2O2. The Morgan fingerprint density at radius 1 is 1.44 bits per heavy atom. The van der Waals surface area contributed by atoms with Crippen LogP contribution < -0.4 is 5.43 Å². The van der Waals surface area contributed by atoms with E-state index in [-0.39, 0.29) is 5.71 Å². The third kappa shape index (κ3) is 4.41. The van der Waals surface area contributed by atoms with Gasteiger partial charge in [-0.15, -0.1) is 0 Å². The quantitative estimate of drug-likeness (QED) is 0.449. The number of benzene rings is 1. The molecule has 0 aliphatic carbocycles. The number of hydrazone groups is 1. The van der Waals surface area contributed by atoms with Gasteiger partial charge in [-0.3, -0.25) is 0 Å². The molecule has 0 fully saturated rings. The van der Waals surface area contributed by atoms with E-state index in [2.05, 4.69) is 10.5 Å². The molecule has 0 heterocycles. The number of carbonyl (C=O) groups is 1. The third-order valence-corrected chi connectivity index (χ3v) is 1.88. The lowest BCUT2D eigenvalue weighted by molar-refractivity contribution is -0.129. The smallest absolute Gasteiger partial charge is 0.351 e. The van der Waals surface area contributed by atoms with Crippen molar-refractivity contribution in [2.45, 2.75) is 6.92 Å². The van der Waals surface area contributed by atoms with Crippen LogP contribution in [0.15, 0.2) is 41.5 Å². The predicted octanol–water partition coefficient (Wildman–Crippen LogP) is 1.75. The van der Waals surface area contributed by atoms with Crippen molar-refractivity contribution in [3.05, 3.63) is 42.0 Å². The van der Waals surface area contributed by atoms with Gasteiger partial charge in [0.1, 0.15) is 5.71 Å². The maximum Gasteiger partial charge on any atom is 0.351 e. The van der Waals surface area contributed by atoms with Gasteiger partial charge in [-0.05, 0) is 12.5 Å². The van der Waals surface area contributed by atoms with Crippen LogP contribution in [-0.2, 0) is 4.79 Å². The van der Waals surface area contributed by atoms with Gasteiger partial charge in [0, 0.05) is 0 Å². The first-order valence-electron chi connectivity index (χ1n) is 4.92. The molecule has 1 aromatic rings. The Morgan fingerprint density at radius 3 is 2.75 bits per heavy atom. The average Bonchev–Trinajstić information content (AvgIpc) is 2.29. The predicted molar refractivity (Wildman–Crippen MR) is 64.2 cm³/mol. The number of aliphatic carboxylic acids is 1. The number of carboxylic acid groups (broad SMARTS) is 1. The fourth-order valence-corrected chi connectivity index (χ4v) is 1.02. The molecule has 0 unspecified atom stereocenters. The van der Waals surface area contributed by atoms with Gasteiger partial charge in [0.2, 0.25) is 0 Å². The first-order chi connectivity index (χ1) is 7.70. The number of hydrogen-bond acceptors (Lipinski definition) is 3. The molecule has 0 saturated heterocycles. The molecule has 0 bridgehead atoms. The van der Waals surface area contributed by atoms with E-state index in [9.17, 15) is 4.79 Å². The summed E-state index contributed by atoms with van der Waals surface area (Å²) in [7, 11) is 0. The Morgan fingerprint density at radius 2 is 2.12 bits per heavy atom. The van der Waals surface area contributed by atoms with E-state index in [1.807, 2.05) is 42.5 Å². The molecule has 0 aliphatic heterocycles. The lowest BCUT2D eigenvalue weighted by Crippen LogP contribution is -2.15. The molecule has 0 aliphatic rings. The summed E-state index contributed by atoms with van der Waals surface area (Å²) in [6.45, 7) is 1.94. The fourth-order valence-electron chi connectivity index (χ4n) is 1.02. The van der Waals surface area contributed by atoms with Gasteiger partial charge in [-0.25, -0.2) is 4.79 Å². The van der Waals surface area contributed by atoms with E-state index in [1.165, 1.54) is 6.92 Å². The van der Waals surface area contributed by atoms with Crippen LogP contribution in [0.1, 0.15) is 12.5 Å². The van der Waals surface area contributed by atoms with Crippen molar-refractivity contribution in [1.82, 2.24) is 5.43 Å². The monoisotopic (exact) mass is 218 g/mol. The Bertz CT molecular complexity index is 397. The van der Waals surface area contributed by atoms with Crippen LogP contribution in [0.3, 0.4) is 0 Å². The highest BCUT2D eigenvalue weighted by Gasteiger charge is 1.98. The highest BCUT2D eigenvalue weighted by atomic mass is 16.4. The number of rotatable bonds is 5. The molecule has 4 nitrogen and oxygen atoms in total. The average molecular weight is 218 g/mol. The molecule has 1 rings (SSSR count). The fraction of sp³-hybridized carbons (Fsp3) is 0.167. The summed E-state index contributed by atoms with van der Waals surface area (Å²) in [4.78, 5) is 10.4. The van der Waals surface area contributed by atoms with Crippen LogP contribution in [-0.4, -0.2) is 23.3 Å². The molecule has 0 saturated carbocycles. The van der Waals surface area contributed by atoms with Crippen LogP contribution in [0.4, 0.5) is 0 Å². The topological polar surface area (TPSA) is 61.7 Å². The summed E-state index contributed by atoms with van der Waals surface area (Å²) < 4.78 is 0. The van der Waals surface area contributed by atoms with Crippen LogP contribution in [0.25, 0.3) is 6.08 Å². The van der Waals surface area contributed by atoms with Crippen molar-refractivity contribution in [1.29, 1.82) is 0 Å². The first kappa shape index (κ1) is 12.0. The molecular weight excluding hydrogens is 204 g/mol. The Kier molecular flexibility index (Phi) is 4.79. The van der Waals surface area contributed by atoms with Gasteiger partial charge < -0.3 is 10.5 Å². The minimum absolute atomic E-state index is 0.0492. The van der Waals surface area contributed by atoms with Crippen LogP contribution in [0.2, 0.25) is 0 Å². The highest BCUT2D eigenvalue weighted by molar-refractivity contribution is 6.34. The molecule has 0 spiro atoms. The van der Waals surface area contributed by atoms with Gasteiger partial charge in [0.05, 0.1) is 6.54 Å². The molecule has 84 valence electrons. The summed E-state index contributed by atoms with van der Waals surface area (Å²) >= 11 is 0. The van der Waals surface area contributed by atoms with E-state index < -0.39 is 5.97 Å². The minimum Gasteiger partial charge on any atom is -0.477 e. The van der Waals surface area contributed by atoms with E-state index in [0.29, 0.717) is 6.54 Å². The second-order valence-corrected chi connectivity index (χ2v) is 3.18.